The fraction of sp³-hybridized carbons (Fsp3) is 0.500. The largest absolute Gasteiger partial charge is 0.450 e. The Balaban J connectivity index is 1.49. The Bertz CT molecular complexity index is 1500. The van der Waals surface area contributed by atoms with Crippen LogP contribution in [0.1, 0.15) is 57.6 Å². The van der Waals surface area contributed by atoms with Gasteiger partial charge in [-0.05, 0) is 49.7 Å². The lowest BCUT2D eigenvalue weighted by molar-refractivity contribution is -0.166. The Morgan fingerprint density at radius 2 is 1.10 bits per heavy atom. The summed E-state index contributed by atoms with van der Waals surface area (Å²) in [7, 11) is 0. The van der Waals surface area contributed by atoms with Crippen LogP contribution in [0.15, 0.2) is 60.7 Å². The first-order valence-corrected chi connectivity index (χ1v) is 16.7. The third kappa shape index (κ3) is 8.03. The van der Waals surface area contributed by atoms with Gasteiger partial charge in [-0.1, -0.05) is 74.5 Å². The standard InChI is InChI=1S/C36H44N4O8/c1-22(2)30-36(46)48-29(21-25-14-8-5-9-15-25)34(44)39-18-10-16-26(39)31(41)37-23(3)35(45)47-28(20-24-12-6-4-7-13-24)33(43)40-19-11-17-27(40)32(42)38-30/h4-9,12-15,22-23,26-30H,10-11,16-21H2,1-3H3,(H,37,41)(H,38,42)/t23-,26-,27-,28?,29?,30-/m0/s1. The van der Waals surface area contributed by atoms with E-state index in [1.54, 1.807) is 13.8 Å². The number of carbonyl (C=O) groups is 6. The molecule has 3 heterocycles. The summed E-state index contributed by atoms with van der Waals surface area (Å²) in [4.78, 5) is 85.3. The Hall–Kier alpha value is -4.74. The molecular formula is C36H44N4O8. The first kappa shape index (κ1) is 34.6. The number of fused-ring (bicyclic) bond motifs is 2. The summed E-state index contributed by atoms with van der Waals surface area (Å²) in [5.41, 5.74) is 1.49. The molecule has 2 aromatic carbocycles. The topological polar surface area (TPSA) is 151 Å². The monoisotopic (exact) mass is 660 g/mol. The summed E-state index contributed by atoms with van der Waals surface area (Å²) >= 11 is 0. The molecule has 3 aliphatic heterocycles. The molecular weight excluding hydrogens is 616 g/mol. The highest BCUT2D eigenvalue weighted by Gasteiger charge is 2.43. The van der Waals surface area contributed by atoms with Gasteiger partial charge >= 0.3 is 11.9 Å². The first-order valence-electron chi connectivity index (χ1n) is 16.7. The molecule has 4 amide bonds. The van der Waals surface area contributed by atoms with Crippen LogP contribution in [0.4, 0.5) is 0 Å². The highest BCUT2D eigenvalue weighted by molar-refractivity contribution is 5.96. The molecule has 3 saturated heterocycles. The van der Waals surface area contributed by atoms with E-state index in [0.717, 1.165) is 11.1 Å². The molecule has 0 aromatic heterocycles. The van der Waals surface area contributed by atoms with E-state index < -0.39 is 77.9 Å². The van der Waals surface area contributed by atoms with E-state index in [1.807, 2.05) is 60.7 Å². The summed E-state index contributed by atoms with van der Waals surface area (Å²) < 4.78 is 11.7. The normalized spacial score (nSPS) is 27.8. The molecule has 2 aromatic rings. The number of hydrogen-bond acceptors (Lipinski definition) is 8. The maximum absolute atomic E-state index is 14.1. The van der Waals surface area contributed by atoms with Crippen molar-refractivity contribution >= 4 is 35.6 Å². The fourth-order valence-corrected chi connectivity index (χ4v) is 6.56. The molecule has 12 heteroatoms. The van der Waals surface area contributed by atoms with E-state index in [4.69, 9.17) is 9.47 Å². The molecule has 256 valence electrons. The molecule has 12 nitrogen and oxygen atoms in total. The highest BCUT2D eigenvalue weighted by Crippen LogP contribution is 2.24. The van der Waals surface area contributed by atoms with Gasteiger partial charge in [0.1, 0.15) is 24.2 Å². The lowest BCUT2D eigenvalue weighted by Gasteiger charge is -2.32. The van der Waals surface area contributed by atoms with E-state index in [1.165, 1.54) is 16.7 Å². The second kappa shape index (κ2) is 15.4. The van der Waals surface area contributed by atoms with Gasteiger partial charge in [-0.15, -0.1) is 0 Å². The van der Waals surface area contributed by atoms with E-state index in [2.05, 4.69) is 10.6 Å². The Kier molecular flexibility index (Phi) is 11.1. The van der Waals surface area contributed by atoms with Crippen molar-refractivity contribution in [3.8, 4) is 0 Å². The summed E-state index contributed by atoms with van der Waals surface area (Å²) in [6.07, 6.45) is -0.648. The molecule has 3 fully saturated rings. The van der Waals surface area contributed by atoms with Crippen LogP contribution in [0.3, 0.4) is 0 Å². The summed E-state index contributed by atoms with van der Waals surface area (Å²) in [6, 6.07) is 14.1. The molecule has 5 rings (SSSR count). The Morgan fingerprint density at radius 1 is 0.667 bits per heavy atom. The molecule has 0 radical (unpaired) electrons. The average Bonchev–Trinajstić information content (AvgIpc) is 3.77. The van der Waals surface area contributed by atoms with Gasteiger partial charge in [0, 0.05) is 25.9 Å². The third-order valence-electron chi connectivity index (χ3n) is 9.20. The van der Waals surface area contributed by atoms with Crippen LogP contribution >= 0.6 is 0 Å². The van der Waals surface area contributed by atoms with Crippen LogP contribution in [-0.2, 0) is 51.1 Å². The molecule has 0 aliphatic carbocycles. The van der Waals surface area contributed by atoms with Gasteiger partial charge in [0.05, 0.1) is 0 Å². The fourth-order valence-electron chi connectivity index (χ4n) is 6.56. The van der Waals surface area contributed by atoms with E-state index in [9.17, 15) is 28.8 Å². The van der Waals surface area contributed by atoms with Gasteiger partial charge in [0.2, 0.25) is 11.8 Å². The maximum atomic E-state index is 14.1. The number of rotatable bonds is 5. The zero-order valence-electron chi connectivity index (χ0n) is 27.6. The van der Waals surface area contributed by atoms with E-state index in [-0.39, 0.29) is 25.9 Å². The highest BCUT2D eigenvalue weighted by atomic mass is 16.6. The second-order valence-corrected chi connectivity index (χ2v) is 13.1. The Morgan fingerprint density at radius 3 is 1.56 bits per heavy atom. The smallest absolute Gasteiger partial charge is 0.329 e. The second-order valence-electron chi connectivity index (χ2n) is 13.1. The van der Waals surface area contributed by atoms with Crippen LogP contribution in [0.2, 0.25) is 0 Å². The number of hydrogen-bond donors (Lipinski definition) is 2. The number of carbonyl (C=O) groups excluding carboxylic acids is 6. The van der Waals surface area contributed by atoms with Crippen LogP contribution < -0.4 is 10.6 Å². The average molecular weight is 661 g/mol. The zero-order valence-corrected chi connectivity index (χ0v) is 27.6. The number of nitrogens with one attached hydrogen (secondary N) is 2. The molecule has 0 saturated carbocycles. The van der Waals surface area contributed by atoms with Gasteiger partial charge in [0.25, 0.3) is 11.8 Å². The summed E-state index contributed by atoms with van der Waals surface area (Å²) in [5.74, 6) is -4.17. The quantitative estimate of drug-likeness (QED) is 0.462. The molecule has 2 N–H and O–H groups in total. The third-order valence-corrected chi connectivity index (χ3v) is 9.20. The summed E-state index contributed by atoms with van der Waals surface area (Å²) in [5, 5.41) is 5.46. The SMILES string of the molecule is CC(C)[C@@H]1NC(=O)[C@@H]2CCCN2C(=O)C(Cc2ccccc2)OC(=O)[C@H](C)NC(=O)[C@@H]2CCCN2C(=O)C(Cc2ccccc2)OC1=O. The molecule has 6 atom stereocenters. The van der Waals surface area contributed by atoms with Crippen molar-refractivity contribution in [2.75, 3.05) is 13.1 Å². The van der Waals surface area contributed by atoms with Gasteiger partial charge in [-0.3, -0.25) is 19.2 Å². The van der Waals surface area contributed by atoms with Crippen molar-refractivity contribution in [1.29, 1.82) is 0 Å². The molecule has 3 aliphatic rings. The number of amides is 4. The minimum atomic E-state index is -1.27. The number of nitrogens with zero attached hydrogens (tertiary/aromatic N) is 2. The van der Waals surface area contributed by atoms with Gasteiger partial charge < -0.3 is 29.9 Å². The van der Waals surface area contributed by atoms with Crippen LogP contribution in [0.5, 0.6) is 0 Å². The molecule has 0 spiro atoms. The minimum Gasteiger partial charge on any atom is -0.450 e. The predicted molar refractivity (Wildman–Crippen MR) is 174 cm³/mol. The van der Waals surface area contributed by atoms with Crippen molar-refractivity contribution in [1.82, 2.24) is 20.4 Å². The number of esters is 2. The summed E-state index contributed by atoms with van der Waals surface area (Å²) in [6.45, 7) is 5.48. The van der Waals surface area contributed by atoms with Gasteiger partial charge in [-0.2, -0.15) is 0 Å². The van der Waals surface area contributed by atoms with Crippen LogP contribution in [-0.4, -0.2) is 94.8 Å². The predicted octanol–water partition coefficient (Wildman–Crippen LogP) is 1.94. The van der Waals surface area contributed by atoms with Crippen molar-refractivity contribution in [3.05, 3.63) is 71.8 Å². The number of cyclic esters (lactones) is 2. The zero-order chi connectivity index (χ0) is 34.4. The van der Waals surface area contributed by atoms with Crippen molar-refractivity contribution < 1.29 is 38.2 Å². The van der Waals surface area contributed by atoms with Crippen LogP contribution in [0.25, 0.3) is 0 Å². The first-order chi connectivity index (χ1) is 23.0. The lowest BCUT2D eigenvalue weighted by Crippen LogP contribution is -2.57. The minimum absolute atomic E-state index is 0.0610. The van der Waals surface area contributed by atoms with Crippen molar-refractivity contribution in [2.24, 2.45) is 5.92 Å². The number of ether oxygens (including phenoxy) is 2. The van der Waals surface area contributed by atoms with E-state index >= 15 is 0 Å². The maximum Gasteiger partial charge on any atom is 0.329 e. The van der Waals surface area contributed by atoms with Gasteiger partial charge in [0.15, 0.2) is 12.2 Å². The molecule has 48 heavy (non-hydrogen) atoms. The Labute approximate surface area is 280 Å². The number of benzene rings is 2. The van der Waals surface area contributed by atoms with Crippen LogP contribution in [0, 0.1) is 5.92 Å². The molecule has 2 unspecified atom stereocenters. The van der Waals surface area contributed by atoms with Crippen molar-refractivity contribution in [2.45, 2.75) is 95.7 Å². The lowest BCUT2D eigenvalue weighted by atomic mass is 10.0. The van der Waals surface area contributed by atoms with Crippen molar-refractivity contribution in [3.63, 3.8) is 0 Å². The van der Waals surface area contributed by atoms with Gasteiger partial charge in [-0.25, -0.2) is 9.59 Å². The van der Waals surface area contributed by atoms with E-state index in [0.29, 0.717) is 25.7 Å². The molecule has 0 bridgehead atoms.